The lowest BCUT2D eigenvalue weighted by Gasteiger charge is -2.27. The molecule has 0 aliphatic heterocycles. The third-order valence-corrected chi connectivity index (χ3v) is 4.55. The summed E-state index contributed by atoms with van der Waals surface area (Å²) in [4.78, 5) is 2.29. The number of hydrogen-bond donors (Lipinski definition) is 1. The van der Waals surface area contributed by atoms with Crippen molar-refractivity contribution in [3.8, 4) is 0 Å². The lowest BCUT2D eigenvalue weighted by molar-refractivity contribution is 0.552. The Hall–Kier alpha value is -0.380. The van der Waals surface area contributed by atoms with E-state index in [9.17, 15) is 0 Å². The molecule has 0 aliphatic rings. The van der Waals surface area contributed by atoms with Gasteiger partial charge in [0, 0.05) is 36.1 Å². The Bertz CT molecular complexity index is 409. The summed E-state index contributed by atoms with van der Waals surface area (Å²) in [6.45, 7) is 8.51. The molecule has 1 rings (SSSR count). The van der Waals surface area contributed by atoms with Gasteiger partial charge in [-0.2, -0.15) is 11.8 Å². The van der Waals surface area contributed by atoms with Gasteiger partial charge in [-0.3, -0.25) is 0 Å². The number of benzene rings is 1. The third kappa shape index (κ3) is 5.55. The van der Waals surface area contributed by atoms with Crippen LogP contribution in [0.5, 0.6) is 0 Å². The SMILES string of the molecule is CSCC(C)N(C)c1ccc(CNCC(C)C)c(Cl)c1. The maximum Gasteiger partial charge on any atom is 0.0471 e. The summed E-state index contributed by atoms with van der Waals surface area (Å²) in [5.41, 5.74) is 2.35. The van der Waals surface area contributed by atoms with Crippen molar-refractivity contribution in [3.05, 3.63) is 28.8 Å². The third-order valence-electron chi connectivity index (χ3n) is 3.38. The summed E-state index contributed by atoms with van der Waals surface area (Å²) in [5, 5.41) is 4.28. The molecule has 0 aromatic heterocycles. The van der Waals surface area contributed by atoms with Gasteiger partial charge in [0.25, 0.3) is 0 Å². The van der Waals surface area contributed by atoms with Crippen LogP contribution >= 0.6 is 23.4 Å². The molecule has 0 spiro atoms. The van der Waals surface area contributed by atoms with Gasteiger partial charge in [0.15, 0.2) is 0 Å². The van der Waals surface area contributed by atoms with Crippen LogP contribution in [0.3, 0.4) is 0 Å². The van der Waals surface area contributed by atoms with Gasteiger partial charge in [0.1, 0.15) is 0 Å². The van der Waals surface area contributed by atoms with Gasteiger partial charge < -0.3 is 10.2 Å². The summed E-state index contributed by atoms with van der Waals surface area (Å²) in [6, 6.07) is 6.87. The average Bonchev–Trinajstić information content (AvgIpc) is 2.39. The molecule has 4 heteroatoms. The highest BCUT2D eigenvalue weighted by Gasteiger charge is 2.11. The molecular formula is C16H27ClN2S. The molecule has 0 bridgehead atoms. The van der Waals surface area contributed by atoms with E-state index in [2.05, 4.69) is 62.5 Å². The van der Waals surface area contributed by atoms with Crippen molar-refractivity contribution in [2.24, 2.45) is 5.92 Å². The van der Waals surface area contributed by atoms with Gasteiger partial charge in [0.2, 0.25) is 0 Å². The highest BCUT2D eigenvalue weighted by molar-refractivity contribution is 7.98. The number of rotatable bonds is 8. The molecule has 0 aliphatic carbocycles. The van der Waals surface area contributed by atoms with Gasteiger partial charge in [0.05, 0.1) is 0 Å². The fourth-order valence-corrected chi connectivity index (χ4v) is 2.95. The minimum absolute atomic E-state index is 0.506. The van der Waals surface area contributed by atoms with Gasteiger partial charge >= 0.3 is 0 Å². The van der Waals surface area contributed by atoms with Crippen LogP contribution in [-0.4, -0.2) is 31.6 Å². The molecule has 1 aromatic rings. The van der Waals surface area contributed by atoms with Gasteiger partial charge in [-0.15, -0.1) is 0 Å². The van der Waals surface area contributed by atoms with E-state index in [-0.39, 0.29) is 0 Å². The van der Waals surface area contributed by atoms with Crippen LogP contribution in [0.2, 0.25) is 5.02 Å². The highest BCUT2D eigenvalue weighted by atomic mass is 35.5. The van der Waals surface area contributed by atoms with Crippen LogP contribution in [0.4, 0.5) is 5.69 Å². The van der Waals surface area contributed by atoms with Crippen molar-refractivity contribution in [2.75, 3.05) is 30.5 Å². The Morgan fingerprint density at radius 3 is 2.55 bits per heavy atom. The second-order valence-electron chi connectivity index (χ2n) is 5.72. The van der Waals surface area contributed by atoms with Gasteiger partial charge in [-0.05, 0) is 43.3 Å². The van der Waals surface area contributed by atoms with Crippen molar-refractivity contribution < 1.29 is 0 Å². The molecule has 1 atom stereocenters. The molecule has 114 valence electrons. The number of nitrogens with one attached hydrogen (secondary N) is 1. The van der Waals surface area contributed by atoms with E-state index >= 15 is 0 Å². The number of halogens is 1. The summed E-state index contributed by atoms with van der Waals surface area (Å²) < 4.78 is 0. The van der Waals surface area contributed by atoms with E-state index in [4.69, 9.17) is 11.6 Å². The van der Waals surface area contributed by atoms with Crippen LogP contribution in [0.15, 0.2) is 18.2 Å². The van der Waals surface area contributed by atoms with Crippen molar-refractivity contribution in [3.63, 3.8) is 0 Å². The lowest BCUT2D eigenvalue weighted by atomic mass is 10.1. The Labute approximate surface area is 133 Å². The molecule has 20 heavy (non-hydrogen) atoms. The number of nitrogens with zero attached hydrogens (tertiary/aromatic N) is 1. The Morgan fingerprint density at radius 2 is 2.00 bits per heavy atom. The number of anilines is 1. The van der Waals surface area contributed by atoms with Crippen LogP contribution < -0.4 is 10.2 Å². The fourth-order valence-electron chi connectivity index (χ4n) is 2.00. The van der Waals surface area contributed by atoms with E-state index in [0.29, 0.717) is 12.0 Å². The van der Waals surface area contributed by atoms with Crippen molar-refractivity contribution in [1.82, 2.24) is 5.32 Å². The molecule has 0 saturated carbocycles. The average molecular weight is 315 g/mol. The minimum Gasteiger partial charge on any atom is -0.371 e. The fraction of sp³-hybridized carbons (Fsp3) is 0.625. The summed E-state index contributed by atoms with van der Waals surface area (Å²) in [5.74, 6) is 1.78. The maximum atomic E-state index is 6.40. The predicted molar refractivity (Wildman–Crippen MR) is 94.2 cm³/mol. The quantitative estimate of drug-likeness (QED) is 0.771. The Morgan fingerprint density at radius 1 is 1.30 bits per heavy atom. The predicted octanol–water partition coefficient (Wildman–Crippen LogP) is 4.27. The van der Waals surface area contributed by atoms with Crippen LogP contribution in [0.1, 0.15) is 26.3 Å². The van der Waals surface area contributed by atoms with Crippen LogP contribution in [0.25, 0.3) is 0 Å². The van der Waals surface area contributed by atoms with Crippen molar-refractivity contribution in [2.45, 2.75) is 33.4 Å². The highest BCUT2D eigenvalue weighted by Crippen LogP contribution is 2.24. The molecule has 0 fully saturated rings. The van der Waals surface area contributed by atoms with E-state index in [1.54, 1.807) is 0 Å². The Balaban J connectivity index is 2.67. The molecule has 1 N–H and O–H groups in total. The number of hydrogen-bond acceptors (Lipinski definition) is 3. The summed E-state index contributed by atoms with van der Waals surface area (Å²) in [6.07, 6.45) is 2.14. The van der Waals surface area contributed by atoms with E-state index in [1.165, 1.54) is 11.3 Å². The molecule has 0 saturated heterocycles. The summed E-state index contributed by atoms with van der Waals surface area (Å²) >= 11 is 8.27. The summed E-state index contributed by atoms with van der Waals surface area (Å²) in [7, 11) is 2.13. The normalized spacial score (nSPS) is 12.8. The topological polar surface area (TPSA) is 15.3 Å². The smallest absolute Gasteiger partial charge is 0.0471 e. The minimum atomic E-state index is 0.506. The first-order valence-electron chi connectivity index (χ1n) is 7.16. The molecule has 0 amide bonds. The zero-order chi connectivity index (χ0) is 15.1. The number of thioether (sulfide) groups is 1. The molecular weight excluding hydrogens is 288 g/mol. The van der Waals surface area contributed by atoms with Crippen LogP contribution in [-0.2, 0) is 6.54 Å². The molecule has 0 heterocycles. The van der Waals surface area contributed by atoms with E-state index in [0.717, 1.165) is 23.9 Å². The molecule has 1 aromatic carbocycles. The van der Waals surface area contributed by atoms with Crippen molar-refractivity contribution in [1.29, 1.82) is 0 Å². The monoisotopic (exact) mass is 314 g/mol. The maximum absolute atomic E-state index is 6.40. The second kappa shape index (κ2) is 8.81. The zero-order valence-electron chi connectivity index (χ0n) is 13.2. The standard InChI is InChI=1S/C16H27ClN2S/c1-12(2)9-18-10-14-6-7-15(8-16(14)17)19(4)13(3)11-20-5/h6-8,12-13,18H,9-11H2,1-5H3. The zero-order valence-corrected chi connectivity index (χ0v) is 14.8. The van der Waals surface area contributed by atoms with E-state index in [1.807, 2.05) is 11.8 Å². The van der Waals surface area contributed by atoms with Crippen LogP contribution in [0, 0.1) is 5.92 Å². The van der Waals surface area contributed by atoms with Gasteiger partial charge in [-0.1, -0.05) is 31.5 Å². The first-order chi connectivity index (χ1) is 9.45. The largest absolute Gasteiger partial charge is 0.371 e. The second-order valence-corrected chi connectivity index (χ2v) is 7.03. The van der Waals surface area contributed by atoms with Crippen molar-refractivity contribution >= 4 is 29.1 Å². The van der Waals surface area contributed by atoms with Gasteiger partial charge in [-0.25, -0.2) is 0 Å². The van der Waals surface area contributed by atoms with E-state index < -0.39 is 0 Å². The first-order valence-corrected chi connectivity index (χ1v) is 8.93. The lowest BCUT2D eigenvalue weighted by Crippen LogP contribution is -2.30. The Kier molecular flexibility index (Phi) is 7.78. The first kappa shape index (κ1) is 17.7. The molecule has 1 unspecified atom stereocenters. The molecule has 2 nitrogen and oxygen atoms in total. The molecule has 0 radical (unpaired) electrons.